The van der Waals surface area contributed by atoms with Crippen LogP contribution in [-0.4, -0.2) is 20.1 Å². The molecule has 6 aliphatic heterocycles. The molecule has 0 unspecified atom stereocenters. The smallest absolute Gasteiger partial charge is 0.0911 e. The van der Waals surface area contributed by atoms with E-state index in [-0.39, 0.29) is 36.4 Å². The Morgan fingerprint density at radius 1 is 0.234 bits per heavy atom. The molecule has 9 aromatic rings. The first-order valence-corrected chi connectivity index (χ1v) is 32.1. The number of hydrogen-bond acceptors (Lipinski definition) is 6. The van der Waals surface area contributed by atoms with Crippen LogP contribution in [0.25, 0.3) is 0 Å². The van der Waals surface area contributed by atoms with Gasteiger partial charge in [0.05, 0.1) is 0 Å². The van der Waals surface area contributed by atoms with Crippen LogP contribution in [0.4, 0.5) is 0 Å². The molecule has 0 spiro atoms. The first-order valence-electron chi connectivity index (χ1n) is 27.2. The summed E-state index contributed by atoms with van der Waals surface area (Å²) in [4.78, 5) is 16.5. The van der Waals surface area contributed by atoms with Crippen molar-refractivity contribution in [3.8, 4) is 0 Å². The van der Waals surface area contributed by atoms with E-state index in [1.807, 2.05) is 70.6 Å². The summed E-state index contributed by atoms with van der Waals surface area (Å²) >= 11 is 11.7. The summed E-state index contributed by atoms with van der Waals surface area (Å²) in [6.07, 6.45) is 0. The van der Waals surface area contributed by atoms with Crippen LogP contribution in [0.2, 0.25) is 0 Å². The summed E-state index contributed by atoms with van der Waals surface area (Å²) in [7, 11) is 0. The number of fused-ring (bicyclic) bond motifs is 12. The highest BCUT2D eigenvalue weighted by atomic mass is 32.2. The Hall–Kier alpha value is -4.73. The molecule has 0 amide bonds. The molecular weight excluding hydrogens is 1040 g/mol. The summed E-state index contributed by atoms with van der Waals surface area (Å²) in [5.74, 6) is 0. The van der Waals surface area contributed by atoms with Crippen LogP contribution in [0.3, 0.4) is 0 Å². The van der Waals surface area contributed by atoms with Gasteiger partial charge in [-0.05, 0) is 146 Å². The molecule has 0 saturated heterocycles. The fourth-order valence-electron chi connectivity index (χ4n) is 13.1. The minimum Gasteiger partial charge on any atom is -0.0911 e. The third-order valence-electron chi connectivity index (χ3n) is 17.5. The van der Waals surface area contributed by atoms with Crippen molar-refractivity contribution >= 4 is 140 Å². The molecule has 0 fully saturated rings. The molecule has 0 saturated carbocycles. The Labute approximate surface area is 482 Å². The fraction of sp³-hybridized carbons (Fsp3) is 0.206. The van der Waals surface area contributed by atoms with Crippen molar-refractivity contribution in [3.63, 3.8) is 0 Å². The second-order valence-electron chi connectivity index (χ2n) is 25.3. The van der Waals surface area contributed by atoms with E-state index >= 15 is 0 Å². The van der Waals surface area contributed by atoms with Crippen molar-refractivity contribution in [2.24, 2.45) is 0 Å². The molecule has 374 valence electrons. The zero-order valence-electron chi connectivity index (χ0n) is 45.3. The van der Waals surface area contributed by atoms with E-state index in [4.69, 9.17) is 0 Å². The highest BCUT2D eigenvalue weighted by Crippen LogP contribution is 2.47. The maximum Gasteiger partial charge on any atom is 0.247 e. The highest BCUT2D eigenvalue weighted by molar-refractivity contribution is 8.02. The van der Waals surface area contributed by atoms with Gasteiger partial charge in [0.15, 0.2) is 0 Å². The van der Waals surface area contributed by atoms with E-state index < -0.39 is 5.41 Å². The molecule has 0 aliphatic carbocycles. The van der Waals surface area contributed by atoms with Gasteiger partial charge in [0, 0.05) is 64.2 Å². The average molecular weight is 1100 g/mol. The van der Waals surface area contributed by atoms with Gasteiger partial charge < -0.3 is 0 Å². The molecule has 6 aliphatic rings. The van der Waals surface area contributed by atoms with Crippen molar-refractivity contribution in [2.45, 2.75) is 150 Å². The number of hydrogen-bond donors (Lipinski definition) is 0. The van der Waals surface area contributed by atoms with Crippen molar-refractivity contribution < 1.29 is 0 Å². The minimum atomic E-state index is -0.545. The third-order valence-corrected chi connectivity index (χ3v) is 24.5. The molecule has 9 heteroatoms. The lowest BCUT2D eigenvalue weighted by molar-refractivity contribution is 0.590. The number of rotatable bonds is 3. The van der Waals surface area contributed by atoms with E-state index in [1.165, 1.54) is 141 Å². The Balaban J connectivity index is 0.974. The van der Waals surface area contributed by atoms with Crippen LogP contribution in [0.5, 0.6) is 0 Å². The van der Waals surface area contributed by atoms with Gasteiger partial charge in [-0.15, -0.1) is 0 Å². The maximum atomic E-state index is 2.66. The summed E-state index contributed by atoms with van der Waals surface area (Å²) in [5.41, 5.74) is 20.7. The van der Waals surface area contributed by atoms with Gasteiger partial charge in [-0.2, -0.15) is 0 Å². The van der Waals surface area contributed by atoms with E-state index in [9.17, 15) is 0 Å². The van der Waals surface area contributed by atoms with Crippen LogP contribution in [-0.2, 0) is 21.7 Å². The summed E-state index contributed by atoms with van der Waals surface area (Å²) in [6, 6.07) is 65.9. The van der Waals surface area contributed by atoms with Crippen molar-refractivity contribution in [2.75, 3.05) is 0 Å². The molecule has 9 aromatic carbocycles. The van der Waals surface area contributed by atoms with Gasteiger partial charge in [0.2, 0.25) is 20.1 Å². The van der Waals surface area contributed by atoms with E-state index in [0.29, 0.717) is 0 Å². The second kappa shape index (κ2) is 17.4. The SMILES string of the molecule is CC(C)(C)c1ccc2c(c1)B1c3cc(C(C)(c4ccc5c(c4)B4c6cc(C(C)(C)C)ccc6Sc6cccc(c64)S5)c4ccc5c(c4)B4c6cc(C(C)(C)C)ccc6Sc6cccc(c64)S5)ccc3Sc3cccc(c31)S2. The van der Waals surface area contributed by atoms with Crippen molar-refractivity contribution in [1.82, 2.24) is 0 Å². The van der Waals surface area contributed by atoms with Crippen molar-refractivity contribution in [1.29, 1.82) is 0 Å². The Morgan fingerprint density at radius 2 is 0.429 bits per heavy atom. The summed E-state index contributed by atoms with van der Waals surface area (Å²) in [5, 5.41) is 0. The Kier molecular flexibility index (Phi) is 11.1. The fourth-order valence-corrected chi connectivity index (χ4v) is 20.2. The summed E-state index contributed by atoms with van der Waals surface area (Å²) in [6.45, 7) is 24.1. The van der Waals surface area contributed by atoms with Crippen LogP contribution in [0, 0.1) is 0 Å². The molecule has 0 aromatic heterocycles. The van der Waals surface area contributed by atoms with Gasteiger partial charge in [0.1, 0.15) is 0 Å². The lowest BCUT2D eigenvalue weighted by Gasteiger charge is -2.39. The Morgan fingerprint density at radius 3 is 0.636 bits per heavy atom. The van der Waals surface area contributed by atoms with Crippen LogP contribution < -0.4 is 49.2 Å². The first-order chi connectivity index (χ1) is 36.9. The average Bonchev–Trinajstić information content (AvgIpc) is 3.46. The molecule has 0 N–H and O–H groups in total. The van der Waals surface area contributed by atoms with E-state index in [1.54, 1.807) is 0 Å². The largest absolute Gasteiger partial charge is 0.247 e. The van der Waals surface area contributed by atoms with Crippen LogP contribution >= 0.6 is 70.6 Å². The summed E-state index contributed by atoms with van der Waals surface area (Å²) < 4.78 is 0. The molecule has 77 heavy (non-hydrogen) atoms. The van der Waals surface area contributed by atoms with Crippen LogP contribution in [0.1, 0.15) is 103 Å². The van der Waals surface area contributed by atoms with Gasteiger partial charge >= 0.3 is 0 Å². The van der Waals surface area contributed by atoms with Gasteiger partial charge in [-0.1, -0.05) is 257 Å². The second-order valence-corrected chi connectivity index (χ2v) is 31.8. The first kappa shape index (κ1) is 49.3. The lowest BCUT2D eigenvalue weighted by atomic mass is 9.35. The standard InChI is InChI=1S/C68H57B3S6/c1-65(2,3)38-20-26-50-44(32-38)69-47-35-41(23-29-53(47)75-59-17-11-14-56(72-50)62(59)69)68(10,42-24-30-54-48(36-42)70-45-33-39(66(4,5)6)21-27-51(45)73-57-15-12-18-60(76-54)63(57)70)43-25-31-55-49(37-43)71-46-34-40(67(7,8)9)22-28-52(46)74-58-16-13-19-61(77-55)64(58)71/h11-37H,1-10H3. The third kappa shape index (κ3) is 7.66. The molecular formula is C68H57B3S6. The van der Waals surface area contributed by atoms with E-state index in [2.05, 4.69) is 233 Å². The van der Waals surface area contributed by atoms with Crippen molar-refractivity contribution in [3.05, 3.63) is 197 Å². The maximum absolute atomic E-state index is 2.66. The monoisotopic (exact) mass is 1100 g/mol. The zero-order valence-corrected chi connectivity index (χ0v) is 50.2. The molecule has 0 atom stereocenters. The van der Waals surface area contributed by atoms with E-state index in [0.717, 1.165) is 0 Å². The molecule has 0 nitrogen and oxygen atoms in total. The quantitative estimate of drug-likeness (QED) is 0.127. The van der Waals surface area contributed by atoms with Gasteiger partial charge in [-0.25, -0.2) is 0 Å². The topological polar surface area (TPSA) is 0 Å². The van der Waals surface area contributed by atoms with Gasteiger partial charge in [0.25, 0.3) is 0 Å². The molecule has 0 bridgehead atoms. The lowest BCUT2D eigenvalue weighted by Crippen LogP contribution is -2.59. The normalized spacial score (nSPS) is 15.3. The predicted octanol–water partition coefficient (Wildman–Crippen LogP) is 13.3. The zero-order chi connectivity index (χ0) is 52.7. The van der Waals surface area contributed by atoms with Gasteiger partial charge in [-0.3, -0.25) is 0 Å². The Bertz CT molecular complexity index is 3610. The number of benzene rings is 9. The predicted molar refractivity (Wildman–Crippen MR) is 338 cm³/mol. The highest BCUT2D eigenvalue weighted by Gasteiger charge is 2.45. The minimum absolute atomic E-state index is 0.0296. The van der Waals surface area contributed by atoms with Crippen LogP contribution in [0.15, 0.2) is 223 Å². The molecule has 15 rings (SSSR count). The molecule has 6 heterocycles. The molecule has 0 radical (unpaired) electrons.